The van der Waals surface area contributed by atoms with Gasteiger partial charge >= 0.3 is 0 Å². The van der Waals surface area contributed by atoms with Crippen molar-refractivity contribution in [3.63, 3.8) is 0 Å². The highest BCUT2D eigenvalue weighted by atomic mass is 16.5. The Kier molecular flexibility index (Phi) is 4.40. The zero-order valence-electron chi connectivity index (χ0n) is 10.7. The smallest absolute Gasteiger partial charge is 0.225 e. The van der Waals surface area contributed by atoms with Gasteiger partial charge in [0, 0.05) is 25.2 Å². The standard InChI is InChI=1S/C13H24N2O2/c1-10-8-11(14)5-6-15(10)13(16)9-12-4-2-3-7-17-12/h10-12H,2-9,14H2,1H3. The second-order valence-corrected chi connectivity index (χ2v) is 5.41. The number of hydrogen-bond acceptors (Lipinski definition) is 3. The van der Waals surface area contributed by atoms with Crippen LogP contribution in [0.5, 0.6) is 0 Å². The van der Waals surface area contributed by atoms with E-state index in [0.717, 1.165) is 38.8 Å². The number of amides is 1. The first-order chi connectivity index (χ1) is 8.16. The van der Waals surface area contributed by atoms with Gasteiger partial charge in [0.2, 0.25) is 5.91 Å². The van der Waals surface area contributed by atoms with Crippen molar-refractivity contribution in [3.05, 3.63) is 0 Å². The summed E-state index contributed by atoms with van der Waals surface area (Å²) in [5.41, 5.74) is 5.91. The fourth-order valence-electron chi connectivity index (χ4n) is 2.86. The normalized spacial score (nSPS) is 34.7. The van der Waals surface area contributed by atoms with E-state index in [9.17, 15) is 4.79 Å². The van der Waals surface area contributed by atoms with Gasteiger partial charge in [-0.3, -0.25) is 4.79 Å². The van der Waals surface area contributed by atoms with Crippen LogP contribution in [-0.4, -0.2) is 42.1 Å². The van der Waals surface area contributed by atoms with Gasteiger partial charge in [-0.1, -0.05) is 0 Å². The van der Waals surface area contributed by atoms with Crippen LogP contribution in [-0.2, 0) is 9.53 Å². The molecule has 4 nitrogen and oxygen atoms in total. The molecule has 1 amide bonds. The molecule has 0 saturated carbocycles. The zero-order valence-corrected chi connectivity index (χ0v) is 10.7. The summed E-state index contributed by atoms with van der Waals surface area (Å²) in [7, 11) is 0. The maximum atomic E-state index is 12.2. The minimum atomic E-state index is 0.152. The van der Waals surface area contributed by atoms with Crippen LogP contribution in [0, 0.1) is 0 Å². The van der Waals surface area contributed by atoms with E-state index in [4.69, 9.17) is 10.5 Å². The Morgan fingerprint density at radius 1 is 1.41 bits per heavy atom. The fraction of sp³-hybridized carbons (Fsp3) is 0.923. The lowest BCUT2D eigenvalue weighted by molar-refractivity contribution is -0.138. The van der Waals surface area contributed by atoms with Gasteiger partial charge in [0.15, 0.2) is 0 Å². The summed E-state index contributed by atoms with van der Waals surface area (Å²) in [4.78, 5) is 14.2. The zero-order chi connectivity index (χ0) is 12.3. The summed E-state index contributed by atoms with van der Waals surface area (Å²) in [5.74, 6) is 0.247. The average molecular weight is 240 g/mol. The molecule has 3 atom stereocenters. The number of carbonyl (C=O) groups excluding carboxylic acids is 1. The van der Waals surface area contributed by atoms with Crippen molar-refractivity contribution >= 4 is 5.91 Å². The third-order valence-corrected chi connectivity index (χ3v) is 3.91. The van der Waals surface area contributed by atoms with Crippen LogP contribution in [0.3, 0.4) is 0 Å². The Morgan fingerprint density at radius 3 is 2.88 bits per heavy atom. The lowest BCUT2D eigenvalue weighted by Gasteiger charge is -2.37. The predicted octanol–water partition coefficient (Wildman–Crippen LogP) is 1.28. The summed E-state index contributed by atoms with van der Waals surface area (Å²) in [6.45, 7) is 3.73. The molecule has 2 rings (SSSR count). The van der Waals surface area contributed by atoms with E-state index in [0.29, 0.717) is 6.42 Å². The van der Waals surface area contributed by atoms with Crippen molar-refractivity contribution in [2.45, 2.75) is 63.6 Å². The van der Waals surface area contributed by atoms with Crippen molar-refractivity contribution in [3.8, 4) is 0 Å². The number of nitrogens with zero attached hydrogens (tertiary/aromatic N) is 1. The van der Waals surface area contributed by atoms with E-state index < -0.39 is 0 Å². The third-order valence-electron chi connectivity index (χ3n) is 3.91. The van der Waals surface area contributed by atoms with E-state index >= 15 is 0 Å². The third kappa shape index (κ3) is 3.42. The van der Waals surface area contributed by atoms with Crippen LogP contribution >= 0.6 is 0 Å². The lowest BCUT2D eigenvalue weighted by Crippen LogP contribution is -2.49. The molecule has 0 spiro atoms. The van der Waals surface area contributed by atoms with E-state index in [1.807, 2.05) is 4.90 Å². The maximum Gasteiger partial charge on any atom is 0.225 e. The molecule has 2 fully saturated rings. The van der Waals surface area contributed by atoms with E-state index in [2.05, 4.69) is 6.92 Å². The fourth-order valence-corrected chi connectivity index (χ4v) is 2.86. The molecule has 0 bridgehead atoms. The molecule has 2 aliphatic heterocycles. The minimum absolute atomic E-state index is 0.152. The molecular weight excluding hydrogens is 216 g/mol. The van der Waals surface area contributed by atoms with Gasteiger partial charge in [-0.2, -0.15) is 0 Å². The summed E-state index contributed by atoms with van der Waals surface area (Å²) in [6.07, 6.45) is 5.93. The van der Waals surface area contributed by atoms with Crippen LogP contribution in [0.2, 0.25) is 0 Å². The largest absolute Gasteiger partial charge is 0.378 e. The molecule has 17 heavy (non-hydrogen) atoms. The summed E-state index contributed by atoms with van der Waals surface area (Å²) in [5, 5.41) is 0. The molecule has 0 aromatic heterocycles. The first kappa shape index (κ1) is 12.8. The van der Waals surface area contributed by atoms with Crippen molar-refractivity contribution in [1.29, 1.82) is 0 Å². The molecule has 3 unspecified atom stereocenters. The molecule has 2 aliphatic rings. The maximum absolute atomic E-state index is 12.2. The van der Waals surface area contributed by atoms with Crippen LogP contribution in [0.4, 0.5) is 0 Å². The highest BCUT2D eigenvalue weighted by Crippen LogP contribution is 2.21. The molecule has 4 heteroatoms. The van der Waals surface area contributed by atoms with Gasteiger partial charge in [0.1, 0.15) is 0 Å². The summed E-state index contributed by atoms with van der Waals surface area (Å²) in [6, 6.07) is 0.551. The van der Waals surface area contributed by atoms with Gasteiger partial charge in [0.05, 0.1) is 12.5 Å². The van der Waals surface area contributed by atoms with E-state index in [-0.39, 0.29) is 24.1 Å². The van der Waals surface area contributed by atoms with Crippen LogP contribution < -0.4 is 5.73 Å². The number of carbonyl (C=O) groups is 1. The number of likely N-dealkylation sites (tertiary alicyclic amines) is 1. The monoisotopic (exact) mass is 240 g/mol. The number of nitrogens with two attached hydrogens (primary N) is 1. The van der Waals surface area contributed by atoms with E-state index in [1.165, 1.54) is 6.42 Å². The molecule has 2 heterocycles. The first-order valence-electron chi connectivity index (χ1n) is 6.83. The molecule has 2 saturated heterocycles. The van der Waals surface area contributed by atoms with Gasteiger partial charge in [-0.15, -0.1) is 0 Å². The van der Waals surface area contributed by atoms with Gasteiger partial charge in [-0.05, 0) is 39.0 Å². The molecule has 98 valence electrons. The Balaban J connectivity index is 1.82. The van der Waals surface area contributed by atoms with Crippen LogP contribution in [0.15, 0.2) is 0 Å². The SMILES string of the molecule is CC1CC(N)CCN1C(=O)CC1CCCCO1. The number of ether oxygens (including phenoxy) is 1. The Hall–Kier alpha value is -0.610. The van der Waals surface area contributed by atoms with Gasteiger partial charge < -0.3 is 15.4 Å². The summed E-state index contributed by atoms with van der Waals surface area (Å²) < 4.78 is 5.62. The second-order valence-electron chi connectivity index (χ2n) is 5.41. The first-order valence-corrected chi connectivity index (χ1v) is 6.83. The summed E-state index contributed by atoms with van der Waals surface area (Å²) >= 11 is 0. The van der Waals surface area contributed by atoms with Crippen molar-refractivity contribution in [1.82, 2.24) is 4.90 Å². The number of hydrogen-bond donors (Lipinski definition) is 1. The minimum Gasteiger partial charge on any atom is -0.378 e. The second kappa shape index (κ2) is 5.83. The molecular formula is C13H24N2O2. The highest BCUT2D eigenvalue weighted by molar-refractivity contribution is 5.77. The lowest BCUT2D eigenvalue weighted by atomic mass is 9.97. The average Bonchev–Trinajstić information content (AvgIpc) is 2.30. The van der Waals surface area contributed by atoms with Crippen molar-refractivity contribution in [2.75, 3.05) is 13.2 Å². The molecule has 0 radical (unpaired) electrons. The molecule has 2 N–H and O–H groups in total. The molecule has 0 aromatic carbocycles. The highest BCUT2D eigenvalue weighted by Gasteiger charge is 2.28. The topological polar surface area (TPSA) is 55.6 Å². The quantitative estimate of drug-likeness (QED) is 0.791. The van der Waals surface area contributed by atoms with Gasteiger partial charge in [0.25, 0.3) is 0 Å². The molecule has 0 aromatic rings. The predicted molar refractivity (Wildman–Crippen MR) is 66.6 cm³/mol. The molecule has 0 aliphatic carbocycles. The van der Waals surface area contributed by atoms with Crippen molar-refractivity contribution in [2.24, 2.45) is 5.73 Å². The Morgan fingerprint density at radius 2 is 2.24 bits per heavy atom. The Bertz CT molecular complexity index is 264. The van der Waals surface area contributed by atoms with Crippen LogP contribution in [0.1, 0.15) is 45.4 Å². The van der Waals surface area contributed by atoms with Crippen LogP contribution in [0.25, 0.3) is 0 Å². The van der Waals surface area contributed by atoms with E-state index in [1.54, 1.807) is 0 Å². The Labute approximate surface area is 103 Å². The van der Waals surface area contributed by atoms with Crippen molar-refractivity contribution < 1.29 is 9.53 Å². The number of piperidine rings is 1. The van der Waals surface area contributed by atoms with Gasteiger partial charge in [-0.25, -0.2) is 0 Å². The number of rotatable bonds is 2.